The molecular weight excluding hydrogens is 340 g/mol. The zero-order chi connectivity index (χ0) is 17.9. The van der Waals surface area contributed by atoms with Crippen LogP contribution in [0.2, 0.25) is 0 Å². The number of hydrogen-bond acceptors (Lipinski definition) is 8. The van der Waals surface area contributed by atoms with E-state index in [2.05, 4.69) is 0 Å². The van der Waals surface area contributed by atoms with Crippen LogP contribution in [0.5, 0.6) is 11.5 Å². The van der Waals surface area contributed by atoms with Gasteiger partial charge in [-0.05, 0) is 17.8 Å². The van der Waals surface area contributed by atoms with Crippen LogP contribution in [-0.2, 0) is 9.53 Å². The molecule has 1 heterocycles. The highest BCUT2D eigenvalue weighted by Gasteiger charge is 2.35. The van der Waals surface area contributed by atoms with Crippen molar-refractivity contribution in [1.82, 2.24) is 4.90 Å². The van der Waals surface area contributed by atoms with Gasteiger partial charge in [0.05, 0.1) is 36.2 Å². The van der Waals surface area contributed by atoms with Crippen molar-refractivity contribution in [3.63, 3.8) is 0 Å². The molecule has 9 nitrogen and oxygen atoms in total. The van der Waals surface area contributed by atoms with Crippen molar-refractivity contribution in [1.29, 1.82) is 0 Å². The summed E-state index contributed by atoms with van der Waals surface area (Å²) < 4.78 is 9.73. The fraction of sp³-hybridized carbons (Fsp3) is 0.286. The third kappa shape index (κ3) is 3.49. The maximum atomic E-state index is 12.2. The van der Waals surface area contributed by atoms with Gasteiger partial charge in [-0.2, -0.15) is 0 Å². The number of nitrogens with zero attached hydrogens (tertiary/aromatic N) is 2. The van der Waals surface area contributed by atoms with E-state index in [1.54, 1.807) is 0 Å². The quantitative estimate of drug-likeness (QED) is 0.468. The number of non-ortho nitro benzene ring substituents is 1. The number of aromatic hydroxyl groups is 1. The van der Waals surface area contributed by atoms with Gasteiger partial charge in [-0.3, -0.25) is 24.6 Å². The Labute approximate surface area is 141 Å². The molecular formula is C14H14N2O7S. The minimum Gasteiger partial charge on any atom is -0.504 e. The molecule has 1 aromatic rings. The number of ether oxygens (including phenoxy) is 2. The highest BCUT2D eigenvalue weighted by atomic mass is 32.2. The van der Waals surface area contributed by atoms with Gasteiger partial charge in [0, 0.05) is 18.7 Å². The molecule has 0 spiro atoms. The largest absolute Gasteiger partial charge is 0.504 e. The average molecular weight is 354 g/mol. The average Bonchev–Trinajstić information content (AvgIpc) is 2.81. The van der Waals surface area contributed by atoms with Gasteiger partial charge in [0.25, 0.3) is 16.8 Å². The maximum Gasteiger partial charge on any atom is 0.293 e. The molecule has 1 aliphatic heterocycles. The molecule has 1 aromatic carbocycles. The van der Waals surface area contributed by atoms with Crippen molar-refractivity contribution in [3.05, 3.63) is 32.7 Å². The Kier molecular flexibility index (Phi) is 5.42. The van der Waals surface area contributed by atoms with Crippen LogP contribution in [0.3, 0.4) is 0 Å². The number of phenolic OH excluding ortho intramolecular Hbond substituents is 1. The highest BCUT2D eigenvalue weighted by molar-refractivity contribution is 8.18. The standard InChI is InChI=1S/C14H14N2O7S/c1-22-4-3-15-13(18)11(24-14(15)19)6-8-5-9(16(20)21)7-10(23-2)12(8)17/h5-7,17H,3-4H2,1-2H3/b11-6+. The van der Waals surface area contributed by atoms with Crippen LogP contribution in [-0.4, -0.2) is 53.4 Å². The summed E-state index contributed by atoms with van der Waals surface area (Å²) in [6.07, 6.45) is 1.22. The summed E-state index contributed by atoms with van der Waals surface area (Å²) in [7, 11) is 2.70. The fourth-order valence-electron chi connectivity index (χ4n) is 2.00. The van der Waals surface area contributed by atoms with E-state index in [1.165, 1.54) is 20.3 Å². The summed E-state index contributed by atoms with van der Waals surface area (Å²) in [5.74, 6) is -1.01. The van der Waals surface area contributed by atoms with Gasteiger partial charge >= 0.3 is 0 Å². The second kappa shape index (κ2) is 7.32. The van der Waals surface area contributed by atoms with Gasteiger partial charge in [-0.15, -0.1) is 0 Å². The van der Waals surface area contributed by atoms with E-state index in [-0.39, 0.29) is 40.8 Å². The van der Waals surface area contributed by atoms with Crippen LogP contribution in [0, 0.1) is 10.1 Å². The molecule has 0 saturated carbocycles. The maximum absolute atomic E-state index is 12.2. The van der Waals surface area contributed by atoms with Crippen LogP contribution in [0.4, 0.5) is 10.5 Å². The highest BCUT2D eigenvalue weighted by Crippen LogP contribution is 2.39. The number of imide groups is 1. The SMILES string of the molecule is COCCN1C(=O)S/C(=C/c2cc([N+](=O)[O-])cc(OC)c2O)C1=O. The minimum atomic E-state index is -0.649. The molecule has 1 N–H and O–H groups in total. The molecule has 2 rings (SSSR count). The number of phenols is 1. The number of hydrogen-bond donors (Lipinski definition) is 1. The topological polar surface area (TPSA) is 119 Å². The molecule has 0 atom stereocenters. The molecule has 128 valence electrons. The summed E-state index contributed by atoms with van der Waals surface area (Å²) in [6, 6.07) is 2.16. The summed E-state index contributed by atoms with van der Waals surface area (Å²) >= 11 is 0.685. The number of amides is 2. The summed E-state index contributed by atoms with van der Waals surface area (Å²) in [4.78, 5) is 35.4. The third-order valence-electron chi connectivity index (χ3n) is 3.20. The van der Waals surface area contributed by atoms with Gasteiger partial charge in [-0.25, -0.2) is 0 Å². The first-order valence-corrected chi connectivity index (χ1v) is 7.50. The molecule has 0 unspecified atom stereocenters. The Morgan fingerprint density at radius 2 is 2.08 bits per heavy atom. The lowest BCUT2D eigenvalue weighted by Crippen LogP contribution is -2.31. The number of carbonyl (C=O) groups is 2. The first kappa shape index (κ1) is 17.8. The van der Waals surface area contributed by atoms with Crippen LogP contribution >= 0.6 is 11.8 Å². The van der Waals surface area contributed by atoms with Crippen molar-refractivity contribution >= 4 is 34.7 Å². The second-order valence-electron chi connectivity index (χ2n) is 4.67. The van der Waals surface area contributed by atoms with E-state index in [0.29, 0.717) is 11.8 Å². The number of methoxy groups -OCH3 is 2. The van der Waals surface area contributed by atoms with E-state index in [0.717, 1.165) is 17.0 Å². The van der Waals surface area contributed by atoms with E-state index >= 15 is 0 Å². The van der Waals surface area contributed by atoms with E-state index < -0.39 is 16.1 Å². The zero-order valence-corrected chi connectivity index (χ0v) is 13.7. The molecule has 0 radical (unpaired) electrons. The van der Waals surface area contributed by atoms with Crippen molar-refractivity contribution in [2.24, 2.45) is 0 Å². The molecule has 1 aliphatic rings. The van der Waals surface area contributed by atoms with E-state index in [1.807, 2.05) is 0 Å². The summed E-state index contributed by atoms with van der Waals surface area (Å²) in [6.45, 7) is 0.296. The minimum absolute atomic E-state index is 0.0123. The molecule has 1 fully saturated rings. The van der Waals surface area contributed by atoms with Crippen molar-refractivity contribution in [2.45, 2.75) is 0 Å². The number of carbonyl (C=O) groups excluding carboxylic acids is 2. The molecule has 1 saturated heterocycles. The number of nitro groups is 1. The Morgan fingerprint density at radius 3 is 2.67 bits per heavy atom. The van der Waals surface area contributed by atoms with Crippen LogP contribution in [0.15, 0.2) is 17.0 Å². The number of nitro benzene ring substituents is 1. The van der Waals surface area contributed by atoms with Crippen molar-refractivity contribution < 1.29 is 29.1 Å². The van der Waals surface area contributed by atoms with E-state index in [9.17, 15) is 24.8 Å². The van der Waals surface area contributed by atoms with Crippen LogP contribution in [0.1, 0.15) is 5.56 Å². The number of thioether (sulfide) groups is 1. The van der Waals surface area contributed by atoms with Crippen LogP contribution < -0.4 is 4.74 Å². The summed E-state index contributed by atoms with van der Waals surface area (Å²) in [5, 5.41) is 20.6. The van der Waals surface area contributed by atoms with Gasteiger partial charge in [0.1, 0.15) is 0 Å². The third-order valence-corrected chi connectivity index (χ3v) is 4.11. The first-order chi connectivity index (χ1) is 11.4. The second-order valence-corrected chi connectivity index (χ2v) is 5.66. The molecule has 0 bridgehead atoms. The Bertz CT molecular complexity index is 732. The molecule has 24 heavy (non-hydrogen) atoms. The lowest BCUT2D eigenvalue weighted by molar-refractivity contribution is -0.385. The van der Waals surface area contributed by atoms with Crippen LogP contribution in [0.25, 0.3) is 6.08 Å². The summed E-state index contributed by atoms with van der Waals surface area (Å²) in [5.41, 5.74) is -0.298. The van der Waals surface area contributed by atoms with E-state index in [4.69, 9.17) is 9.47 Å². The van der Waals surface area contributed by atoms with Crippen molar-refractivity contribution in [3.8, 4) is 11.5 Å². The molecule has 0 aliphatic carbocycles. The van der Waals surface area contributed by atoms with Crippen molar-refractivity contribution in [2.75, 3.05) is 27.4 Å². The zero-order valence-electron chi connectivity index (χ0n) is 12.8. The van der Waals surface area contributed by atoms with Gasteiger partial charge in [0.15, 0.2) is 11.5 Å². The number of rotatable bonds is 6. The lowest BCUT2D eigenvalue weighted by atomic mass is 10.1. The fourth-order valence-corrected chi connectivity index (χ4v) is 2.86. The Hall–Kier alpha value is -2.59. The smallest absolute Gasteiger partial charge is 0.293 e. The first-order valence-electron chi connectivity index (χ1n) is 6.68. The predicted octanol–water partition coefficient (Wildman–Crippen LogP) is 1.99. The predicted molar refractivity (Wildman–Crippen MR) is 85.9 cm³/mol. The van der Waals surface area contributed by atoms with Gasteiger partial charge in [0.2, 0.25) is 0 Å². The normalized spacial score (nSPS) is 16.1. The Balaban J connectivity index is 2.41. The molecule has 2 amide bonds. The van der Waals surface area contributed by atoms with Gasteiger partial charge < -0.3 is 14.6 Å². The molecule has 10 heteroatoms. The lowest BCUT2D eigenvalue weighted by Gasteiger charge is -2.10. The molecule has 0 aromatic heterocycles. The monoisotopic (exact) mass is 354 g/mol. The number of benzene rings is 1. The Morgan fingerprint density at radius 1 is 1.38 bits per heavy atom. The van der Waals surface area contributed by atoms with Gasteiger partial charge in [-0.1, -0.05) is 0 Å².